The van der Waals surface area contributed by atoms with E-state index in [4.69, 9.17) is 11.6 Å². The Balaban J connectivity index is 0.00000225. The molecule has 1 saturated heterocycles. The Morgan fingerprint density at radius 1 is 1.48 bits per heavy atom. The van der Waals surface area contributed by atoms with Crippen LogP contribution in [0.15, 0.2) is 12.4 Å². The minimum Gasteiger partial charge on any atom is -0.368 e. The number of halogens is 2. The number of pyridine rings is 1. The van der Waals surface area contributed by atoms with Crippen LogP contribution in [-0.2, 0) is 4.79 Å². The second kappa shape index (κ2) is 8.25. The minimum absolute atomic E-state index is 0. The normalized spacial score (nSPS) is 17.6. The fraction of sp³-hybridized carbons (Fsp3) is 0.529. The molecule has 2 aromatic heterocycles. The van der Waals surface area contributed by atoms with E-state index in [1.807, 2.05) is 20.9 Å². The first-order valence-corrected chi connectivity index (χ1v) is 8.77. The lowest BCUT2D eigenvalue weighted by Gasteiger charge is -2.35. The standard InChI is InChI=1S/C17H24ClN5O.ClH/c1-10(2)17(24)22-13-8-21-16-14(13)15(12(18)7-20-16)23-6-4-5-11(9-23)19-3;/h7-8,10-11,19H,4-6,9H2,1-3H3,(H,20,21)(H,22,24);1H. The van der Waals surface area contributed by atoms with E-state index in [1.165, 1.54) is 0 Å². The fourth-order valence-corrected chi connectivity index (χ4v) is 3.42. The average molecular weight is 386 g/mol. The Kier molecular flexibility index (Phi) is 6.54. The fourth-order valence-electron chi connectivity index (χ4n) is 3.16. The molecule has 0 aliphatic carbocycles. The summed E-state index contributed by atoms with van der Waals surface area (Å²) in [5.41, 5.74) is 2.42. The predicted octanol–water partition coefficient (Wildman–Crippen LogP) is 3.42. The Bertz CT molecular complexity index is 746. The van der Waals surface area contributed by atoms with Crippen LogP contribution in [0.3, 0.4) is 0 Å². The van der Waals surface area contributed by atoms with Gasteiger partial charge in [-0.3, -0.25) is 4.79 Å². The molecule has 25 heavy (non-hydrogen) atoms. The lowest BCUT2D eigenvalue weighted by Crippen LogP contribution is -2.44. The lowest BCUT2D eigenvalue weighted by atomic mass is 10.0. The molecule has 0 saturated carbocycles. The highest BCUT2D eigenvalue weighted by molar-refractivity contribution is 6.35. The maximum atomic E-state index is 12.1. The van der Waals surface area contributed by atoms with Gasteiger partial charge in [-0.25, -0.2) is 4.98 Å². The van der Waals surface area contributed by atoms with E-state index in [0.717, 1.165) is 48.3 Å². The van der Waals surface area contributed by atoms with E-state index in [-0.39, 0.29) is 24.2 Å². The van der Waals surface area contributed by atoms with Crippen LogP contribution in [-0.4, -0.2) is 42.1 Å². The van der Waals surface area contributed by atoms with Gasteiger partial charge in [-0.1, -0.05) is 25.4 Å². The number of aromatic amines is 1. The molecule has 3 heterocycles. The van der Waals surface area contributed by atoms with Crippen LogP contribution < -0.4 is 15.5 Å². The van der Waals surface area contributed by atoms with Crippen molar-refractivity contribution in [2.75, 3.05) is 30.4 Å². The Morgan fingerprint density at radius 3 is 2.92 bits per heavy atom. The molecule has 1 unspecified atom stereocenters. The van der Waals surface area contributed by atoms with E-state index in [2.05, 4.69) is 25.5 Å². The van der Waals surface area contributed by atoms with Gasteiger partial charge < -0.3 is 20.5 Å². The molecule has 0 spiro atoms. The van der Waals surface area contributed by atoms with Crippen molar-refractivity contribution in [1.82, 2.24) is 15.3 Å². The molecule has 1 fully saturated rings. The van der Waals surface area contributed by atoms with Gasteiger partial charge >= 0.3 is 0 Å². The molecule has 0 radical (unpaired) electrons. The van der Waals surface area contributed by atoms with Crippen LogP contribution in [0.4, 0.5) is 11.4 Å². The van der Waals surface area contributed by atoms with Gasteiger partial charge in [0.2, 0.25) is 5.91 Å². The molecule has 2 aromatic rings. The maximum absolute atomic E-state index is 12.1. The average Bonchev–Trinajstić information content (AvgIpc) is 2.97. The zero-order valence-corrected chi connectivity index (χ0v) is 16.3. The van der Waals surface area contributed by atoms with Gasteiger partial charge in [0.25, 0.3) is 0 Å². The number of piperidine rings is 1. The number of fused-ring (bicyclic) bond motifs is 1. The second-order valence-corrected chi connectivity index (χ2v) is 7.01. The van der Waals surface area contributed by atoms with Crippen molar-refractivity contribution in [1.29, 1.82) is 0 Å². The molecule has 0 aromatic carbocycles. The van der Waals surface area contributed by atoms with Gasteiger partial charge in [0.1, 0.15) is 5.65 Å². The second-order valence-electron chi connectivity index (χ2n) is 6.60. The summed E-state index contributed by atoms with van der Waals surface area (Å²) in [5.74, 6) is -0.109. The van der Waals surface area contributed by atoms with Gasteiger partial charge in [0.05, 0.1) is 28.0 Å². The number of hydrogen-bond donors (Lipinski definition) is 3. The maximum Gasteiger partial charge on any atom is 0.226 e. The molecular weight excluding hydrogens is 361 g/mol. The molecule has 1 amide bonds. The van der Waals surface area contributed by atoms with Crippen LogP contribution in [0.5, 0.6) is 0 Å². The van der Waals surface area contributed by atoms with Crippen molar-refractivity contribution in [2.45, 2.75) is 32.7 Å². The van der Waals surface area contributed by atoms with Crippen molar-refractivity contribution in [3.8, 4) is 0 Å². The van der Waals surface area contributed by atoms with Gasteiger partial charge in [0.15, 0.2) is 0 Å². The van der Waals surface area contributed by atoms with Crippen molar-refractivity contribution < 1.29 is 4.79 Å². The first kappa shape index (κ1) is 19.8. The third kappa shape index (κ3) is 4.02. The number of H-pyrrole nitrogens is 1. The van der Waals surface area contributed by atoms with Crippen LogP contribution in [0.25, 0.3) is 11.0 Å². The smallest absolute Gasteiger partial charge is 0.226 e. The summed E-state index contributed by atoms with van der Waals surface area (Å²) in [7, 11) is 1.99. The van der Waals surface area contributed by atoms with Crippen molar-refractivity contribution >= 4 is 52.3 Å². The Morgan fingerprint density at radius 2 is 2.24 bits per heavy atom. The molecule has 6 nitrogen and oxygen atoms in total. The molecule has 1 aliphatic rings. The van der Waals surface area contributed by atoms with Gasteiger partial charge in [-0.2, -0.15) is 0 Å². The van der Waals surface area contributed by atoms with Crippen LogP contribution in [0.2, 0.25) is 5.02 Å². The van der Waals surface area contributed by atoms with Crippen LogP contribution in [0, 0.1) is 5.92 Å². The Hall–Kier alpha value is -1.50. The third-order valence-corrected chi connectivity index (χ3v) is 4.83. The number of carbonyl (C=O) groups excluding carboxylic acids is 1. The number of nitrogens with one attached hydrogen (secondary N) is 3. The number of amides is 1. The number of rotatable bonds is 4. The highest BCUT2D eigenvalue weighted by atomic mass is 35.5. The Labute approximate surface area is 159 Å². The predicted molar refractivity (Wildman–Crippen MR) is 106 cm³/mol. The zero-order chi connectivity index (χ0) is 17.3. The number of anilines is 2. The number of nitrogens with zero attached hydrogens (tertiary/aromatic N) is 2. The number of aromatic nitrogens is 2. The summed E-state index contributed by atoms with van der Waals surface area (Å²) >= 11 is 6.50. The number of carbonyl (C=O) groups is 1. The summed E-state index contributed by atoms with van der Waals surface area (Å²) in [6, 6.07) is 0.436. The highest BCUT2D eigenvalue weighted by Crippen LogP contribution is 2.38. The summed E-state index contributed by atoms with van der Waals surface area (Å²) < 4.78 is 0. The van der Waals surface area contributed by atoms with Gasteiger partial charge in [0, 0.05) is 31.2 Å². The molecule has 3 rings (SSSR count). The van der Waals surface area contributed by atoms with Crippen molar-refractivity contribution in [3.05, 3.63) is 17.4 Å². The summed E-state index contributed by atoms with van der Waals surface area (Å²) in [4.78, 5) is 21.9. The molecule has 1 aliphatic heterocycles. The van der Waals surface area contributed by atoms with Gasteiger partial charge in [-0.05, 0) is 19.9 Å². The van der Waals surface area contributed by atoms with Crippen molar-refractivity contribution in [2.24, 2.45) is 5.92 Å². The molecule has 138 valence electrons. The topological polar surface area (TPSA) is 73.1 Å². The minimum atomic E-state index is -0.0887. The molecule has 1 atom stereocenters. The van der Waals surface area contributed by atoms with E-state index in [1.54, 1.807) is 12.4 Å². The van der Waals surface area contributed by atoms with Crippen molar-refractivity contribution in [3.63, 3.8) is 0 Å². The first-order valence-electron chi connectivity index (χ1n) is 8.40. The van der Waals surface area contributed by atoms with Crippen LogP contribution >= 0.6 is 24.0 Å². The van der Waals surface area contributed by atoms with E-state index in [9.17, 15) is 4.79 Å². The summed E-state index contributed by atoms with van der Waals surface area (Å²) in [6.07, 6.45) is 5.72. The van der Waals surface area contributed by atoms with E-state index in [0.29, 0.717) is 11.1 Å². The lowest BCUT2D eigenvalue weighted by molar-refractivity contribution is -0.118. The quantitative estimate of drug-likeness (QED) is 0.753. The largest absolute Gasteiger partial charge is 0.368 e. The molecular formula is C17H25Cl2N5O. The van der Waals surface area contributed by atoms with E-state index >= 15 is 0 Å². The molecule has 8 heteroatoms. The van der Waals surface area contributed by atoms with Crippen LogP contribution in [0.1, 0.15) is 26.7 Å². The number of likely N-dealkylation sites (N-methyl/N-ethyl adjacent to an activating group) is 1. The monoisotopic (exact) mass is 385 g/mol. The van der Waals surface area contributed by atoms with E-state index < -0.39 is 0 Å². The highest BCUT2D eigenvalue weighted by Gasteiger charge is 2.25. The molecule has 0 bridgehead atoms. The zero-order valence-electron chi connectivity index (χ0n) is 14.7. The molecule has 3 N–H and O–H groups in total. The van der Waals surface area contributed by atoms with Gasteiger partial charge in [-0.15, -0.1) is 12.4 Å². The first-order chi connectivity index (χ1) is 11.5. The number of hydrogen-bond acceptors (Lipinski definition) is 4. The summed E-state index contributed by atoms with van der Waals surface area (Å²) in [6.45, 7) is 5.58. The summed E-state index contributed by atoms with van der Waals surface area (Å²) in [5, 5.41) is 7.83. The SMILES string of the molecule is CNC1CCCN(c2c(Cl)cnc3[nH]cc(NC(=O)C(C)C)c23)C1.Cl. The third-order valence-electron chi connectivity index (χ3n) is 4.56.